The Morgan fingerprint density at radius 3 is 2.55 bits per heavy atom. The number of hydrogen-bond donors (Lipinski definition) is 2. The highest BCUT2D eigenvalue weighted by Gasteiger charge is 2.28. The van der Waals surface area contributed by atoms with Crippen LogP contribution < -0.4 is 10.9 Å². The smallest absolute Gasteiger partial charge is 0.271 e. The molecule has 2 N–H and O–H groups in total. The maximum atomic E-state index is 12.5. The Balaban J connectivity index is 1.31. The molecule has 2 aromatic heterocycles. The Morgan fingerprint density at radius 1 is 1.07 bits per heavy atom. The number of hydrazine groups is 1. The second kappa shape index (κ2) is 7.83. The molecule has 8 heteroatoms. The molecule has 0 bridgehead atoms. The van der Waals surface area contributed by atoms with Crippen LogP contribution >= 0.6 is 0 Å². The van der Waals surface area contributed by atoms with Gasteiger partial charge >= 0.3 is 0 Å². The second-order valence-electron chi connectivity index (χ2n) is 7.19. The van der Waals surface area contributed by atoms with Gasteiger partial charge in [0.05, 0.1) is 17.4 Å². The summed E-state index contributed by atoms with van der Waals surface area (Å²) < 4.78 is 6.83. The number of piperidine rings is 1. The number of rotatable bonds is 3. The Kier molecular flexibility index (Phi) is 5.07. The van der Waals surface area contributed by atoms with E-state index in [4.69, 9.17) is 4.42 Å². The van der Waals surface area contributed by atoms with Crippen LogP contribution in [-0.2, 0) is 11.8 Å². The van der Waals surface area contributed by atoms with Crippen molar-refractivity contribution < 1.29 is 18.8 Å². The summed E-state index contributed by atoms with van der Waals surface area (Å²) in [5, 5.41) is 0.827. The van der Waals surface area contributed by atoms with Gasteiger partial charge in [0.25, 0.3) is 11.8 Å². The number of carbonyl (C=O) groups is 3. The molecule has 0 radical (unpaired) electrons. The molecule has 1 aromatic carbocycles. The zero-order chi connectivity index (χ0) is 20.4. The molecule has 1 fully saturated rings. The summed E-state index contributed by atoms with van der Waals surface area (Å²) in [6.45, 7) is 0.971. The van der Waals surface area contributed by atoms with Crippen LogP contribution in [0.2, 0.25) is 0 Å². The van der Waals surface area contributed by atoms with Gasteiger partial charge in [-0.1, -0.05) is 18.2 Å². The molecule has 1 aliphatic rings. The molecule has 1 aliphatic heterocycles. The van der Waals surface area contributed by atoms with Crippen molar-refractivity contribution in [2.24, 2.45) is 13.0 Å². The van der Waals surface area contributed by atoms with Crippen LogP contribution in [0.4, 0.5) is 0 Å². The van der Waals surface area contributed by atoms with Gasteiger partial charge in [-0.3, -0.25) is 25.2 Å². The highest BCUT2D eigenvalue weighted by molar-refractivity contribution is 6.07. The lowest BCUT2D eigenvalue weighted by Gasteiger charge is -2.31. The van der Waals surface area contributed by atoms with Crippen LogP contribution in [0.25, 0.3) is 10.9 Å². The number of hydrogen-bond acceptors (Lipinski definition) is 4. The standard InChI is InChI=1S/C21H22N4O4/c1-24-12-17(16-4-2-3-5-18(16)24)20(27)23-22-19(26)14-6-9-25(10-7-14)21(28)15-8-11-29-13-15/h2-5,8,11-14H,6-7,9-10H2,1H3,(H,22,26)(H,23,27). The van der Waals surface area contributed by atoms with Crippen molar-refractivity contribution in [2.75, 3.05) is 13.1 Å². The maximum absolute atomic E-state index is 12.5. The van der Waals surface area contributed by atoms with Crippen LogP contribution in [0.3, 0.4) is 0 Å². The van der Waals surface area contributed by atoms with Gasteiger partial charge in [-0.15, -0.1) is 0 Å². The lowest BCUT2D eigenvalue weighted by molar-refractivity contribution is -0.127. The zero-order valence-corrected chi connectivity index (χ0v) is 16.1. The number of benzene rings is 1. The highest BCUT2D eigenvalue weighted by Crippen LogP contribution is 2.21. The average molecular weight is 394 g/mol. The average Bonchev–Trinajstić information content (AvgIpc) is 3.40. The van der Waals surface area contributed by atoms with Crippen molar-refractivity contribution in [3.63, 3.8) is 0 Å². The van der Waals surface area contributed by atoms with E-state index in [1.54, 1.807) is 17.2 Å². The lowest BCUT2D eigenvalue weighted by atomic mass is 9.96. The maximum Gasteiger partial charge on any atom is 0.271 e. The minimum atomic E-state index is -0.359. The minimum absolute atomic E-state index is 0.0955. The summed E-state index contributed by atoms with van der Waals surface area (Å²) in [4.78, 5) is 39.0. The Hall–Kier alpha value is -3.55. The number of furan rings is 1. The van der Waals surface area contributed by atoms with E-state index >= 15 is 0 Å². The fourth-order valence-electron chi connectivity index (χ4n) is 3.72. The predicted molar refractivity (Wildman–Crippen MR) is 106 cm³/mol. The lowest BCUT2D eigenvalue weighted by Crippen LogP contribution is -2.48. The van der Waals surface area contributed by atoms with Gasteiger partial charge in [0.1, 0.15) is 6.26 Å². The van der Waals surface area contributed by atoms with E-state index in [1.807, 2.05) is 35.9 Å². The number of amides is 3. The molecule has 8 nitrogen and oxygen atoms in total. The fourth-order valence-corrected chi connectivity index (χ4v) is 3.72. The molecular formula is C21H22N4O4. The van der Waals surface area contributed by atoms with E-state index in [2.05, 4.69) is 10.9 Å². The molecule has 4 rings (SSSR count). The first-order chi connectivity index (χ1) is 14.0. The van der Waals surface area contributed by atoms with Gasteiger partial charge in [0.2, 0.25) is 5.91 Å². The molecule has 1 saturated heterocycles. The Labute approximate surface area is 167 Å². The van der Waals surface area contributed by atoms with Crippen molar-refractivity contribution >= 4 is 28.6 Å². The normalized spacial score (nSPS) is 14.7. The summed E-state index contributed by atoms with van der Waals surface area (Å²) in [7, 11) is 1.87. The summed E-state index contributed by atoms with van der Waals surface area (Å²) >= 11 is 0. The quantitative estimate of drug-likeness (QED) is 0.665. The van der Waals surface area contributed by atoms with Gasteiger partial charge in [0.15, 0.2) is 0 Å². The highest BCUT2D eigenvalue weighted by atomic mass is 16.3. The van der Waals surface area contributed by atoms with E-state index in [0.717, 1.165) is 10.9 Å². The number of aryl methyl sites for hydroxylation is 1. The van der Waals surface area contributed by atoms with Crippen LogP contribution in [0.1, 0.15) is 33.6 Å². The topological polar surface area (TPSA) is 96.6 Å². The number of nitrogens with zero attached hydrogens (tertiary/aromatic N) is 2. The van der Waals surface area contributed by atoms with Gasteiger partial charge in [-0.25, -0.2) is 0 Å². The number of nitrogens with one attached hydrogen (secondary N) is 2. The minimum Gasteiger partial charge on any atom is -0.472 e. The number of fused-ring (bicyclic) bond motifs is 1. The molecule has 0 spiro atoms. The first-order valence-electron chi connectivity index (χ1n) is 9.50. The molecular weight excluding hydrogens is 372 g/mol. The van der Waals surface area contributed by atoms with Crippen LogP contribution in [0.15, 0.2) is 53.5 Å². The van der Waals surface area contributed by atoms with Crippen molar-refractivity contribution in [1.82, 2.24) is 20.3 Å². The van der Waals surface area contributed by atoms with E-state index < -0.39 is 0 Å². The van der Waals surface area contributed by atoms with Crippen molar-refractivity contribution in [3.05, 3.63) is 60.2 Å². The second-order valence-corrected chi connectivity index (χ2v) is 7.19. The first kappa shape index (κ1) is 18.8. The Morgan fingerprint density at radius 2 is 1.83 bits per heavy atom. The van der Waals surface area contributed by atoms with Gasteiger partial charge in [0, 0.05) is 43.2 Å². The zero-order valence-electron chi connectivity index (χ0n) is 16.1. The molecule has 0 atom stereocenters. The van der Waals surface area contributed by atoms with Crippen molar-refractivity contribution in [3.8, 4) is 0 Å². The molecule has 0 unspecified atom stereocenters. The number of carbonyl (C=O) groups excluding carboxylic acids is 3. The largest absolute Gasteiger partial charge is 0.472 e. The number of para-hydroxylation sites is 1. The van der Waals surface area contributed by atoms with Crippen molar-refractivity contribution in [2.45, 2.75) is 12.8 Å². The van der Waals surface area contributed by atoms with E-state index in [0.29, 0.717) is 37.1 Å². The summed E-state index contributed by atoms with van der Waals surface area (Å²) in [6.07, 6.45) is 5.71. The van der Waals surface area contributed by atoms with Crippen LogP contribution in [0.5, 0.6) is 0 Å². The number of likely N-dealkylation sites (tertiary alicyclic amines) is 1. The summed E-state index contributed by atoms with van der Waals surface area (Å²) in [5.41, 5.74) is 7.00. The predicted octanol–water partition coefficient (Wildman–Crippen LogP) is 2.08. The first-order valence-corrected chi connectivity index (χ1v) is 9.50. The van der Waals surface area contributed by atoms with Crippen LogP contribution in [0, 0.1) is 5.92 Å². The Bertz CT molecular complexity index is 1050. The molecule has 0 aliphatic carbocycles. The van der Waals surface area contributed by atoms with Crippen LogP contribution in [-0.4, -0.2) is 40.3 Å². The third-order valence-corrected chi connectivity index (χ3v) is 5.36. The fraction of sp³-hybridized carbons (Fsp3) is 0.286. The van der Waals surface area contributed by atoms with E-state index in [9.17, 15) is 14.4 Å². The third-order valence-electron chi connectivity index (χ3n) is 5.36. The summed E-state index contributed by atoms with van der Waals surface area (Å²) in [6, 6.07) is 9.22. The van der Waals surface area contributed by atoms with Gasteiger partial charge < -0.3 is 13.9 Å². The SMILES string of the molecule is Cn1cc(C(=O)NNC(=O)C2CCN(C(=O)c3ccoc3)CC2)c2ccccc21. The molecule has 29 heavy (non-hydrogen) atoms. The molecule has 150 valence electrons. The molecule has 3 heterocycles. The summed E-state index contributed by atoms with van der Waals surface area (Å²) in [5.74, 6) is -0.949. The van der Waals surface area contributed by atoms with E-state index in [1.165, 1.54) is 12.5 Å². The van der Waals surface area contributed by atoms with Gasteiger partial charge in [-0.05, 0) is 25.0 Å². The molecule has 3 aromatic rings. The van der Waals surface area contributed by atoms with Crippen molar-refractivity contribution in [1.29, 1.82) is 0 Å². The molecule has 3 amide bonds. The van der Waals surface area contributed by atoms with E-state index in [-0.39, 0.29) is 23.6 Å². The number of aromatic nitrogens is 1. The van der Waals surface area contributed by atoms with Gasteiger partial charge in [-0.2, -0.15) is 0 Å². The third kappa shape index (κ3) is 3.73. The molecule has 0 saturated carbocycles. The monoisotopic (exact) mass is 394 g/mol.